The van der Waals surface area contributed by atoms with E-state index in [1.54, 1.807) is 18.3 Å². The number of nitrogens with one attached hydrogen (secondary N) is 1. The molecule has 0 bridgehead atoms. The molecule has 0 spiro atoms. The summed E-state index contributed by atoms with van der Waals surface area (Å²) in [5.41, 5.74) is 2.14. The molecule has 1 aromatic heterocycles. The second kappa shape index (κ2) is 3.68. The maximum absolute atomic E-state index is 10.8. The fourth-order valence-electron chi connectivity index (χ4n) is 0.744. The fourth-order valence-corrected chi connectivity index (χ4v) is 0.744. The van der Waals surface area contributed by atoms with Gasteiger partial charge in [-0.15, -0.1) is 0 Å². The van der Waals surface area contributed by atoms with E-state index in [-0.39, 0.29) is 0 Å². The molecule has 0 unspecified atom stereocenters. The zero-order valence-electron chi connectivity index (χ0n) is 6.56. The standard InChI is InChI=1S/C7H9N3O2/c1-10(7(11)9-12)6-3-2-4-8-5-6/h2-5,12H,1H3,(H,9,11). The van der Waals surface area contributed by atoms with Crippen LogP contribution in [0.1, 0.15) is 0 Å². The highest BCUT2D eigenvalue weighted by Crippen LogP contribution is 2.08. The largest absolute Gasteiger partial charge is 0.345 e. The summed E-state index contributed by atoms with van der Waals surface area (Å²) < 4.78 is 0. The fraction of sp³-hybridized carbons (Fsp3) is 0.143. The Morgan fingerprint density at radius 1 is 1.75 bits per heavy atom. The molecule has 0 saturated carbocycles. The molecule has 5 nitrogen and oxygen atoms in total. The van der Waals surface area contributed by atoms with Crippen LogP contribution in [0.15, 0.2) is 24.5 Å². The van der Waals surface area contributed by atoms with E-state index in [9.17, 15) is 4.79 Å². The summed E-state index contributed by atoms with van der Waals surface area (Å²) >= 11 is 0. The lowest BCUT2D eigenvalue weighted by atomic mass is 10.4. The minimum absolute atomic E-state index is 0.594. The van der Waals surface area contributed by atoms with E-state index in [0.29, 0.717) is 5.69 Å². The Morgan fingerprint density at radius 3 is 3.00 bits per heavy atom. The van der Waals surface area contributed by atoms with Crippen molar-refractivity contribution in [2.75, 3.05) is 11.9 Å². The lowest BCUT2D eigenvalue weighted by Gasteiger charge is -2.14. The SMILES string of the molecule is CN(C(=O)NO)c1cccnc1. The number of hydrogen-bond acceptors (Lipinski definition) is 3. The summed E-state index contributed by atoms with van der Waals surface area (Å²) in [6.07, 6.45) is 3.13. The second-order valence-corrected chi connectivity index (χ2v) is 2.19. The van der Waals surface area contributed by atoms with E-state index in [1.165, 1.54) is 23.6 Å². The van der Waals surface area contributed by atoms with Gasteiger partial charge in [-0.1, -0.05) is 0 Å². The van der Waals surface area contributed by atoms with Crippen molar-refractivity contribution in [2.24, 2.45) is 0 Å². The number of urea groups is 1. The number of pyridine rings is 1. The number of hydroxylamine groups is 1. The van der Waals surface area contributed by atoms with Crippen molar-refractivity contribution < 1.29 is 10.0 Å². The molecule has 0 fully saturated rings. The number of hydrogen-bond donors (Lipinski definition) is 2. The van der Waals surface area contributed by atoms with Gasteiger partial charge in [-0.05, 0) is 12.1 Å². The van der Waals surface area contributed by atoms with E-state index in [2.05, 4.69) is 4.98 Å². The molecule has 64 valence electrons. The van der Waals surface area contributed by atoms with Crippen LogP contribution in [0.25, 0.3) is 0 Å². The molecule has 12 heavy (non-hydrogen) atoms. The molecule has 2 N–H and O–H groups in total. The van der Waals surface area contributed by atoms with Crippen LogP contribution in [-0.2, 0) is 0 Å². The predicted octanol–water partition coefficient (Wildman–Crippen LogP) is 0.617. The van der Waals surface area contributed by atoms with E-state index >= 15 is 0 Å². The number of carbonyl (C=O) groups is 1. The normalized spacial score (nSPS) is 9.17. The minimum Gasteiger partial charge on any atom is -0.294 e. The molecule has 2 amide bonds. The molecular formula is C7H9N3O2. The van der Waals surface area contributed by atoms with Crippen molar-refractivity contribution in [1.29, 1.82) is 0 Å². The van der Waals surface area contributed by atoms with Gasteiger partial charge >= 0.3 is 6.03 Å². The van der Waals surface area contributed by atoms with Gasteiger partial charge in [0.2, 0.25) is 0 Å². The van der Waals surface area contributed by atoms with E-state index in [1.807, 2.05) is 0 Å². The van der Waals surface area contributed by atoms with Crippen LogP contribution in [0.3, 0.4) is 0 Å². The Bertz CT molecular complexity index is 263. The first-order chi connectivity index (χ1) is 5.75. The van der Waals surface area contributed by atoms with Crippen LogP contribution >= 0.6 is 0 Å². The van der Waals surface area contributed by atoms with E-state index < -0.39 is 6.03 Å². The van der Waals surface area contributed by atoms with Gasteiger partial charge in [0.15, 0.2) is 0 Å². The third kappa shape index (κ3) is 1.70. The number of amides is 2. The van der Waals surface area contributed by atoms with Crippen molar-refractivity contribution in [3.63, 3.8) is 0 Å². The summed E-state index contributed by atoms with van der Waals surface area (Å²) in [5, 5.41) is 8.30. The molecule has 0 aromatic carbocycles. The van der Waals surface area contributed by atoms with Gasteiger partial charge in [0.25, 0.3) is 0 Å². The molecule has 0 atom stereocenters. The van der Waals surface area contributed by atoms with Gasteiger partial charge in [0.1, 0.15) is 0 Å². The van der Waals surface area contributed by atoms with Gasteiger partial charge in [-0.2, -0.15) is 0 Å². The van der Waals surface area contributed by atoms with Crippen molar-refractivity contribution in [3.8, 4) is 0 Å². The van der Waals surface area contributed by atoms with E-state index in [0.717, 1.165) is 0 Å². The molecule has 1 heterocycles. The molecule has 0 radical (unpaired) electrons. The topological polar surface area (TPSA) is 65.5 Å². The number of anilines is 1. The highest BCUT2D eigenvalue weighted by Gasteiger charge is 2.07. The molecule has 0 aliphatic heterocycles. The smallest absolute Gasteiger partial charge is 0.294 e. The van der Waals surface area contributed by atoms with Gasteiger partial charge in [0.05, 0.1) is 11.9 Å². The summed E-state index contributed by atoms with van der Waals surface area (Å²) in [6.45, 7) is 0. The zero-order chi connectivity index (χ0) is 8.97. The first-order valence-corrected chi connectivity index (χ1v) is 3.33. The van der Waals surface area contributed by atoms with Gasteiger partial charge in [-0.25, -0.2) is 10.3 Å². The van der Waals surface area contributed by atoms with Crippen molar-refractivity contribution in [1.82, 2.24) is 10.5 Å². The highest BCUT2D eigenvalue weighted by molar-refractivity contribution is 5.90. The molecule has 5 heteroatoms. The summed E-state index contributed by atoms with van der Waals surface area (Å²) in [7, 11) is 1.53. The number of rotatable bonds is 1. The number of nitrogens with zero attached hydrogens (tertiary/aromatic N) is 2. The van der Waals surface area contributed by atoms with Gasteiger partial charge in [0, 0.05) is 13.2 Å². The maximum atomic E-state index is 10.8. The quantitative estimate of drug-likeness (QED) is 0.476. The van der Waals surface area contributed by atoms with Crippen LogP contribution in [-0.4, -0.2) is 23.3 Å². The highest BCUT2D eigenvalue weighted by atomic mass is 16.5. The van der Waals surface area contributed by atoms with Crippen LogP contribution in [0.4, 0.5) is 10.5 Å². The zero-order valence-corrected chi connectivity index (χ0v) is 6.56. The first kappa shape index (κ1) is 8.48. The monoisotopic (exact) mass is 167 g/mol. The summed E-state index contributed by atoms with van der Waals surface area (Å²) in [6, 6.07) is 2.82. The Kier molecular flexibility index (Phi) is 2.60. The molecule has 0 aliphatic carbocycles. The Hall–Kier alpha value is -1.62. The van der Waals surface area contributed by atoms with Crippen molar-refractivity contribution in [3.05, 3.63) is 24.5 Å². The maximum Gasteiger partial charge on any atom is 0.345 e. The second-order valence-electron chi connectivity index (χ2n) is 2.19. The average Bonchev–Trinajstić information content (AvgIpc) is 2.17. The molecule has 1 aromatic rings. The number of aromatic nitrogens is 1. The van der Waals surface area contributed by atoms with Crippen LogP contribution in [0.2, 0.25) is 0 Å². The first-order valence-electron chi connectivity index (χ1n) is 3.33. The molecular weight excluding hydrogens is 158 g/mol. The summed E-state index contributed by atoms with van der Waals surface area (Å²) in [5.74, 6) is 0. The van der Waals surface area contributed by atoms with E-state index in [4.69, 9.17) is 5.21 Å². The lowest BCUT2D eigenvalue weighted by molar-refractivity contribution is 0.168. The Labute approximate surface area is 69.6 Å². The number of carbonyl (C=O) groups excluding carboxylic acids is 1. The van der Waals surface area contributed by atoms with Crippen molar-refractivity contribution in [2.45, 2.75) is 0 Å². The van der Waals surface area contributed by atoms with Gasteiger partial charge in [-0.3, -0.25) is 15.1 Å². The average molecular weight is 167 g/mol. The minimum atomic E-state index is -0.594. The Morgan fingerprint density at radius 2 is 2.50 bits per heavy atom. The van der Waals surface area contributed by atoms with Crippen molar-refractivity contribution >= 4 is 11.7 Å². The van der Waals surface area contributed by atoms with Crippen LogP contribution in [0, 0.1) is 0 Å². The lowest BCUT2D eigenvalue weighted by Crippen LogP contribution is -2.35. The summed E-state index contributed by atoms with van der Waals surface area (Å²) in [4.78, 5) is 15.9. The van der Waals surface area contributed by atoms with Crippen LogP contribution < -0.4 is 10.4 Å². The third-order valence-corrected chi connectivity index (χ3v) is 1.43. The predicted molar refractivity (Wildman–Crippen MR) is 43.0 cm³/mol. The third-order valence-electron chi connectivity index (χ3n) is 1.43. The molecule has 1 rings (SSSR count). The van der Waals surface area contributed by atoms with Crippen LogP contribution in [0.5, 0.6) is 0 Å². The molecule has 0 aliphatic rings. The Balaban J connectivity index is 2.78. The molecule has 0 saturated heterocycles. The van der Waals surface area contributed by atoms with Gasteiger partial charge < -0.3 is 0 Å².